The summed E-state index contributed by atoms with van der Waals surface area (Å²) in [4.78, 5) is 10.9. The molecule has 2 fully saturated rings. The minimum atomic E-state index is -0.899. The van der Waals surface area contributed by atoms with Gasteiger partial charge in [-0.3, -0.25) is 0 Å². The quantitative estimate of drug-likeness (QED) is 0.907. The summed E-state index contributed by atoms with van der Waals surface area (Å²) in [5, 5.41) is 8.91. The number of carboxylic acid groups (broad SMARTS) is 1. The second kappa shape index (κ2) is 4.24. The van der Waals surface area contributed by atoms with E-state index in [-0.39, 0.29) is 11.5 Å². The molecule has 0 saturated heterocycles. The topological polar surface area (TPSA) is 46.5 Å². The van der Waals surface area contributed by atoms with Gasteiger partial charge in [-0.25, -0.2) is 4.79 Å². The van der Waals surface area contributed by atoms with E-state index < -0.39 is 5.97 Å². The average Bonchev–Trinajstić information content (AvgIpc) is 2.72. The van der Waals surface area contributed by atoms with Crippen LogP contribution in [0.25, 0.3) is 0 Å². The third-order valence-electron chi connectivity index (χ3n) is 6.09. The van der Waals surface area contributed by atoms with Crippen molar-refractivity contribution in [2.24, 2.45) is 16.7 Å². The van der Waals surface area contributed by atoms with E-state index in [1.165, 1.54) is 12.8 Å². The van der Waals surface area contributed by atoms with Gasteiger partial charge >= 0.3 is 5.97 Å². The maximum absolute atomic E-state index is 10.9. The van der Waals surface area contributed by atoms with Crippen LogP contribution in [0.4, 0.5) is 0 Å². The van der Waals surface area contributed by atoms with Gasteiger partial charge in [0, 0.05) is 5.41 Å². The van der Waals surface area contributed by atoms with Crippen molar-refractivity contribution in [3.63, 3.8) is 0 Å². The molecule has 0 radical (unpaired) electrons. The van der Waals surface area contributed by atoms with Crippen molar-refractivity contribution in [3.05, 3.63) is 29.8 Å². The first-order chi connectivity index (χ1) is 9.34. The van der Waals surface area contributed by atoms with Gasteiger partial charge < -0.3 is 9.84 Å². The first kappa shape index (κ1) is 13.5. The van der Waals surface area contributed by atoms with E-state index in [2.05, 4.69) is 20.8 Å². The zero-order chi connectivity index (χ0) is 14.5. The lowest BCUT2D eigenvalue weighted by Gasteiger charge is -2.38. The Hall–Kier alpha value is -1.51. The SMILES string of the molecule is CC1(C)C2CCC1(C)C(Oc1ccc(C(=O)O)cc1)C2. The van der Waals surface area contributed by atoms with Gasteiger partial charge in [0.15, 0.2) is 0 Å². The largest absolute Gasteiger partial charge is 0.490 e. The number of hydrogen-bond acceptors (Lipinski definition) is 2. The van der Waals surface area contributed by atoms with Gasteiger partial charge in [-0.05, 0) is 54.9 Å². The molecule has 3 heteroatoms. The van der Waals surface area contributed by atoms with Crippen LogP contribution >= 0.6 is 0 Å². The van der Waals surface area contributed by atoms with Gasteiger partial charge in [0.2, 0.25) is 0 Å². The van der Waals surface area contributed by atoms with Crippen molar-refractivity contribution in [1.29, 1.82) is 0 Å². The summed E-state index contributed by atoms with van der Waals surface area (Å²) < 4.78 is 6.19. The Morgan fingerprint density at radius 2 is 1.90 bits per heavy atom. The van der Waals surface area contributed by atoms with Crippen LogP contribution in [0.5, 0.6) is 5.75 Å². The Morgan fingerprint density at radius 3 is 2.35 bits per heavy atom. The predicted octanol–water partition coefficient (Wildman–Crippen LogP) is 3.98. The summed E-state index contributed by atoms with van der Waals surface area (Å²) in [6.07, 6.45) is 3.89. The normalized spacial score (nSPS) is 34.1. The minimum Gasteiger partial charge on any atom is -0.490 e. The van der Waals surface area contributed by atoms with Crippen LogP contribution in [0.3, 0.4) is 0 Å². The Morgan fingerprint density at radius 1 is 1.25 bits per heavy atom. The molecule has 0 heterocycles. The van der Waals surface area contributed by atoms with Crippen molar-refractivity contribution in [2.75, 3.05) is 0 Å². The van der Waals surface area contributed by atoms with Crippen molar-refractivity contribution in [3.8, 4) is 5.75 Å². The first-order valence-corrected chi connectivity index (χ1v) is 7.34. The number of ether oxygens (including phenoxy) is 1. The van der Waals surface area contributed by atoms with E-state index in [9.17, 15) is 4.79 Å². The number of aromatic carboxylic acids is 1. The molecule has 1 aromatic carbocycles. The third-order valence-corrected chi connectivity index (χ3v) is 6.09. The fraction of sp³-hybridized carbons (Fsp3) is 0.588. The summed E-state index contributed by atoms with van der Waals surface area (Å²) in [5.41, 5.74) is 0.860. The van der Waals surface area contributed by atoms with Crippen molar-refractivity contribution < 1.29 is 14.6 Å². The van der Waals surface area contributed by atoms with Crippen molar-refractivity contribution >= 4 is 5.97 Å². The zero-order valence-electron chi connectivity index (χ0n) is 12.3. The number of carbonyl (C=O) groups is 1. The summed E-state index contributed by atoms with van der Waals surface area (Å²) in [7, 11) is 0. The lowest BCUT2D eigenvalue weighted by atomic mass is 9.70. The van der Waals surface area contributed by atoms with Crippen LogP contribution in [0, 0.1) is 16.7 Å². The standard InChI is InChI=1S/C17H22O3/c1-16(2)12-8-9-17(16,3)14(10-12)20-13-6-4-11(5-7-13)15(18)19/h4-7,12,14H,8-10H2,1-3H3,(H,18,19). The van der Waals surface area contributed by atoms with Crippen LogP contribution in [-0.4, -0.2) is 17.2 Å². The van der Waals surface area contributed by atoms with Crippen molar-refractivity contribution in [2.45, 2.75) is 46.1 Å². The van der Waals surface area contributed by atoms with E-state index >= 15 is 0 Å². The third kappa shape index (κ3) is 1.75. The van der Waals surface area contributed by atoms with Crippen LogP contribution in [0.2, 0.25) is 0 Å². The molecule has 1 aromatic rings. The van der Waals surface area contributed by atoms with Gasteiger partial charge in [0.25, 0.3) is 0 Å². The predicted molar refractivity (Wildman–Crippen MR) is 77.0 cm³/mol. The van der Waals surface area contributed by atoms with Gasteiger partial charge in [-0.15, -0.1) is 0 Å². The molecule has 0 aromatic heterocycles. The molecule has 3 unspecified atom stereocenters. The number of fused-ring (bicyclic) bond motifs is 2. The molecule has 3 atom stereocenters. The van der Waals surface area contributed by atoms with Crippen LogP contribution in [0.1, 0.15) is 50.4 Å². The Bertz CT molecular complexity index is 532. The monoisotopic (exact) mass is 274 g/mol. The Balaban J connectivity index is 1.78. The highest BCUT2D eigenvalue weighted by molar-refractivity contribution is 5.87. The fourth-order valence-corrected chi connectivity index (χ4v) is 4.15. The van der Waals surface area contributed by atoms with Gasteiger partial charge in [-0.1, -0.05) is 20.8 Å². The summed E-state index contributed by atoms with van der Waals surface area (Å²) >= 11 is 0. The molecule has 2 aliphatic carbocycles. The zero-order valence-corrected chi connectivity index (χ0v) is 12.3. The van der Waals surface area contributed by atoms with E-state index in [4.69, 9.17) is 9.84 Å². The molecule has 0 spiro atoms. The molecule has 2 aliphatic rings. The maximum Gasteiger partial charge on any atom is 0.335 e. The number of carboxylic acids is 1. The molecule has 3 rings (SSSR count). The average molecular weight is 274 g/mol. The number of rotatable bonds is 3. The van der Waals surface area contributed by atoms with E-state index in [1.807, 2.05) is 0 Å². The van der Waals surface area contributed by atoms with E-state index in [1.54, 1.807) is 24.3 Å². The molecule has 2 saturated carbocycles. The van der Waals surface area contributed by atoms with Gasteiger partial charge in [-0.2, -0.15) is 0 Å². The summed E-state index contributed by atoms with van der Waals surface area (Å²) in [6.45, 7) is 7.07. The molecule has 0 aliphatic heterocycles. The molecule has 108 valence electrons. The van der Waals surface area contributed by atoms with Crippen LogP contribution in [-0.2, 0) is 0 Å². The van der Waals surface area contributed by atoms with Gasteiger partial charge in [0.1, 0.15) is 11.9 Å². The van der Waals surface area contributed by atoms with Crippen molar-refractivity contribution in [1.82, 2.24) is 0 Å². The van der Waals surface area contributed by atoms with Gasteiger partial charge in [0.05, 0.1) is 5.56 Å². The van der Waals surface area contributed by atoms with E-state index in [0.717, 1.165) is 18.1 Å². The highest BCUT2D eigenvalue weighted by Gasteiger charge is 2.62. The second-order valence-corrected chi connectivity index (χ2v) is 7.05. The highest BCUT2D eigenvalue weighted by Crippen LogP contribution is 2.66. The lowest BCUT2D eigenvalue weighted by Crippen LogP contribution is -2.38. The molecule has 3 nitrogen and oxygen atoms in total. The molecular weight excluding hydrogens is 252 g/mol. The molecule has 20 heavy (non-hydrogen) atoms. The smallest absolute Gasteiger partial charge is 0.335 e. The maximum atomic E-state index is 10.9. The first-order valence-electron chi connectivity index (χ1n) is 7.34. The number of hydrogen-bond donors (Lipinski definition) is 1. The summed E-state index contributed by atoms with van der Waals surface area (Å²) in [6, 6.07) is 6.76. The Kier molecular flexibility index (Phi) is 2.86. The van der Waals surface area contributed by atoms with Crippen LogP contribution < -0.4 is 4.74 Å². The molecular formula is C17H22O3. The minimum absolute atomic E-state index is 0.225. The molecule has 1 N–H and O–H groups in total. The van der Waals surface area contributed by atoms with Crippen LogP contribution in [0.15, 0.2) is 24.3 Å². The molecule has 2 bridgehead atoms. The fourth-order valence-electron chi connectivity index (χ4n) is 4.15. The Labute approximate surface area is 120 Å². The second-order valence-electron chi connectivity index (χ2n) is 7.05. The highest BCUT2D eigenvalue weighted by atomic mass is 16.5. The van der Waals surface area contributed by atoms with E-state index in [0.29, 0.717) is 11.0 Å². The molecule has 0 amide bonds. The lowest BCUT2D eigenvalue weighted by molar-refractivity contribution is 0.0301. The summed E-state index contributed by atoms with van der Waals surface area (Å²) in [5.74, 6) is 0.630. The number of benzene rings is 1.